The average molecular weight is 549 g/mol. The molecule has 1 aliphatic heterocycles. The Hall–Kier alpha value is -3.40. The minimum absolute atomic E-state index is 0.175. The number of benzene rings is 3. The number of thiazole rings is 1. The smallest absolute Gasteiger partial charge is 0.265 e. The van der Waals surface area contributed by atoms with E-state index in [4.69, 9.17) is 4.74 Å². The second kappa shape index (κ2) is 11.6. The summed E-state index contributed by atoms with van der Waals surface area (Å²) in [6.07, 6.45) is 1.05. The molecule has 3 aromatic carbocycles. The quantitative estimate of drug-likeness (QED) is 0.280. The summed E-state index contributed by atoms with van der Waals surface area (Å²) in [5, 5.41) is 5.39. The maximum atomic E-state index is 13.8. The Morgan fingerprint density at radius 3 is 2.55 bits per heavy atom. The Kier molecular flexibility index (Phi) is 7.97. The molecule has 1 fully saturated rings. The van der Waals surface area contributed by atoms with Gasteiger partial charge in [0, 0.05) is 36.7 Å². The van der Waals surface area contributed by atoms with Gasteiger partial charge in [-0.1, -0.05) is 42.5 Å². The van der Waals surface area contributed by atoms with Gasteiger partial charge < -0.3 is 10.1 Å². The summed E-state index contributed by atoms with van der Waals surface area (Å²) >= 11 is 1.37. The maximum Gasteiger partial charge on any atom is 0.265 e. The van der Waals surface area contributed by atoms with E-state index in [1.807, 2.05) is 43.3 Å². The summed E-state index contributed by atoms with van der Waals surface area (Å²) in [6.45, 7) is 5.05. The summed E-state index contributed by atoms with van der Waals surface area (Å²) in [7, 11) is -2.23. The molecular weight excluding hydrogens is 516 g/mol. The summed E-state index contributed by atoms with van der Waals surface area (Å²) in [6, 6.07) is 23.6. The van der Waals surface area contributed by atoms with E-state index in [1.54, 1.807) is 30.1 Å². The van der Waals surface area contributed by atoms with Crippen LogP contribution in [0, 0.1) is 6.92 Å². The average Bonchev–Trinajstić information content (AvgIpc) is 3.62. The Morgan fingerprint density at radius 2 is 1.87 bits per heavy atom. The van der Waals surface area contributed by atoms with Crippen LogP contribution in [0.2, 0.25) is 0 Å². The minimum Gasteiger partial charge on any atom is -0.497 e. The number of nitrogens with one attached hydrogen (secondary N) is 1. The van der Waals surface area contributed by atoms with Gasteiger partial charge in [0.1, 0.15) is 5.75 Å². The zero-order valence-corrected chi connectivity index (χ0v) is 23.2. The Labute approximate surface area is 228 Å². The molecule has 2 heterocycles. The van der Waals surface area contributed by atoms with E-state index >= 15 is 0 Å². The van der Waals surface area contributed by atoms with Crippen molar-refractivity contribution in [2.45, 2.75) is 37.4 Å². The highest BCUT2D eigenvalue weighted by Crippen LogP contribution is 2.29. The van der Waals surface area contributed by atoms with Crippen molar-refractivity contribution in [1.82, 2.24) is 9.88 Å². The number of rotatable bonds is 10. The third kappa shape index (κ3) is 6.01. The van der Waals surface area contributed by atoms with E-state index in [0.29, 0.717) is 11.9 Å². The normalized spacial score (nSPS) is 15.9. The Morgan fingerprint density at radius 1 is 1.08 bits per heavy atom. The van der Waals surface area contributed by atoms with E-state index in [-0.39, 0.29) is 11.4 Å². The van der Waals surface area contributed by atoms with E-state index in [0.717, 1.165) is 48.6 Å². The van der Waals surface area contributed by atoms with Crippen molar-refractivity contribution in [3.05, 3.63) is 100 Å². The number of likely N-dealkylation sites (tertiary alicyclic amines) is 1. The van der Waals surface area contributed by atoms with Gasteiger partial charge in [0.25, 0.3) is 10.0 Å². The van der Waals surface area contributed by atoms with Crippen molar-refractivity contribution >= 4 is 32.9 Å². The monoisotopic (exact) mass is 548 g/mol. The van der Waals surface area contributed by atoms with Crippen LogP contribution in [0.4, 0.5) is 11.5 Å². The lowest BCUT2D eigenvalue weighted by molar-refractivity contribution is 0.328. The Bertz CT molecular complexity index is 1440. The van der Waals surface area contributed by atoms with Crippen LogP contribution in [-0.4, -0.2) is 44.5 Å². The summed E-state index contributed by atoms with van der Waals surface area (Å²) in [4.78, 5) is 7.01. The van der Waals surface area contributed by atoms with E-state index < -0.39 is 10.0 Å². The van der Waals surface area contributed by atoms with Gasteiger partial charge in [-0.2, -0.15) is 0 Å². The number of hydrogen-bond donors (Lipinski definition) is 1. The van der Waals surface area contributed by atoms with E-state index in [9.17, 15) is 8.42 Å². The highest BCUT2D eigenvalue weighted by molar-refractivity contribution is 7.92. The number of anilines is 2. The highest BCUT2D eigenvalue weighted by Gasteiger charge is 2.28. The maximum absolute atomic E-state index is 13.8. The van der Waals surface area contributed by atoms with Crippen LogP contribution in [0.25, 0.3) is 0 Å². The highest BCUT2D eigenvalue weighted by atomic mass is 32.2. The van der Waals surface area contributed by atoms with Crippen molar-refractivity contribution in [2.75, 3.05) is 29.8 Å². The van der Waals surface area contributed by atoms with E-state index in [1.165, 1.54) is 21.2 Å². The van der Waals surface area contributed by atoms with Crippen LogP contribution in [-0.2, 0) is 23.1 Å². The summed E-state index contributed by atoms with van der Waals surface area (Å²) < 4.78 is 34.2. The third-order valence-electron chi connectivity index (χ3n) is 6.83. The molecule has 1 aromatic heterocycles. The van der Waals surface area contributed by atoms with Crippen molar-refractivity contribution < 1.29 is 13.2 Å². The molecule has 1 saturated heterocycles. The van der Waals surface area contributed by atoms with Crippen LogP contribution in [0.3, 0.4) is 0 Å². The lowest BCUT2D eigenvalue weighted by Gasteiger charge is -2.23. The SMILES string of the molecule is COc1ccc(CN(c2cscn2)S(=O)(=O)c2ccc(NC3CCN(Cc4ccccc4)C3)c(C)c2)cc1. The Balaban J connectivity index is 1.30. The van der Waals surface area contributed by atoms with Gasteiger partial charge in [-0.05, 0) is 60.4 Å². The molecule has 0 amide bonds. The van der Waals surface area contributed by atoms with Crippen LogP contribution in [0.15, 0.2) is 88.6 Å². The number of aryl methyl sites for hydroxylation is 1. The first kappa shape index (κ1) is 26.2. The molecule has 198 valence electrons. The van der Waals surface area contributed by atoms with Gasteiger partial charge in [-0.15, -0.1) is 11.3 Å². The predicted molar refractivity (Wildman–Crippen MR) is 153 cm³/mol. The molecule has 1 aliphatic rings. The first-order valence-electron chi connectivity index (χ1n) is 12.6. The number of aromatic nitrogens is 1. The second-order valence-corrected chi connectivity index (χ2v) is 12.1. The molecule has 4 aromatic rings. The molecule has 5 rings (SSSR count). The number of ether oxygens (including phenoxy) is 1. The molecule has 1 N–H and O–H groups in total. The molecular formula is C29H32N4O3S2. The number of nitrogens with zero attached hydrogens (tertiary/aromatic N) is 3. The third-order valence-corrected chi connectivity index (χ3v) is 9.15. The molecule has 0 aliphatic carbocycles. The molecule has 7 nitrogen and oxygen atoms in total. The van der Waals surface area contributed by atoms with Crippen LogP contribution in [0.5, 0.6) is 5.75 Å². The summed E-state index contributed by atoms with van der Waals surface area (Å²) in [5.41, 5.74) is 5.67. The number of methoxy groups -OCH3 is 1. The lowest BCUT2D eigenvalue weighted by atomic mass is 10.1. The zero-order chi connectivity index (χ0) is 26.5. The molecule has 0 saturated carbocycles. The van der Waals surface area contributed by atoms with Crippen molar-refractivity contribution in [3.8, 4) is 5.75 Å². The van der Waals surface area contributed by atoms with Gasteiger partial charge >= 0.3 is 0 Å². The predicted octanol–water partition coefficient (Wildman–Crippen LogP) is 5.54. The van der Waals surface area contributed by atoms with Crippen molar-refractivity contribution in [1.29, 1.82) is 0 Å². The zero-order valence-electron chi connectivity index (χ0n) is 21.6. The fourth-order valence-electron chi connectivity index (χ4n) is 4.76. The molecule has 9 heteroatoms. The molecule has 0 spiro atoms. The van der Waals surface area contributed by atoms with Gasteiger partial charge in [0.2, 0.25) is 0 Å². The lowest BCUT2D eigenvalue weighted by Crippen LogP contribution is -2.31. The van der Waals surface area contributed by atoms with Gasteiger partial charge in [-0.3, -0.25) is 4.90 Å². The fourth-order valence-corrected chi connectivity index (χ4v) is 6.85. The van der Waals surface area contributed by atoms with Crippen LogP contribution < -0.4 is 14.4 Å². The van der Waals surface area contributed by atoms with Gasteiger partial charge in [0.05, 0.1) is 24.1 Å². The molecule has 0 bridgehead atoms. The van der Waals surface area contributed by atoms with Crippen molar-refractivity contribution in [2.24, 2.45) is 0 Å². The molecule has 1 atom stereocenters. The van der Waals surface area contributed by atoms with E-state index in [2.05, 4.69) is 39.5 Å². The van der Waals surface area contributed by atoms with Crippen LogP contribution in [0.1, 0.15) is 23.1 Å². The summed E-state index contributed by atoms with van der Waals surface area (Å²) in [5.74, 6) is 1.14. The first-order valence-corrected chi connectivity index (χ1v) is 15.0. The van der Waals surface area contributed by atoms with Crippen molar-refractivity contribution in [3.63, 3.8) is 0 Å². The van der Waals surface area contributed by atoms with Crippen LogP contribution >= 0.6 is 11.3 Å². The molecule has 1 unspecified atom stereocenters. The first-order chi connectivity index (χ1) is 18.4. The largest absolute Gasteiger partial charge is 0.497 e. The second-order valence-electron chi connectivity index (χ2n) is 9.53. The van der Waals surface area contributed by atoms with Gasteiger partial charge in [-0.25, -0.2) is 17.7 Å². The molecule has 38 heavy (non-hydrogen) atoms. The van der Waals surface area contributed by atoms with Gasteiger partial charge in [0.15, 0.2) is 5.82 Å². The number of hydrogen-bond acceptors (Lipinski definition) is 7. The fraction of sp³-hybridized carbons (Fsp3) is 0.276. The number of sulfonamides is 1. The molecule has 0 radical (unpaired) electrons. The standard InChI is InChI=1S/C29H32N4O3S2/c1-22-16-27(12-13-28(22)31-25-14-15-32(19-25)17-23-6-4-3-5-7-23)38(34,35)33(29-20-37-21-30-29)18-24-8-10-26(36-2)11-9-24/h3-13,16,20-21,25,31H,14-15,17-19H2,1-2H3. The topological polar surface area (TPSA) is 74.8 Å². The minimum atomic E-state index is -3.84.